The van der Waals surface area contributed by atoms with E-state index in [1.54, 1.807) is 0 Å². The molecule has 5 radical (unpaired) electrons. The van der Waals surface area contributed by atoms with Gasteiger partial charge in [0.2, 0.25) is 0 Å². The molecule has 0 amide bonds. The molecule has 0 aromatic rings. The number of rotatable bonds is 0. The van der Waals surface area contributed by atoms with Crippen molar-refractivity contribution in [3.63, 3.8) is 0 Å². The second kappa shape index (κ2) is 17.8. The Labute approximate surface area is 77.2 Å². The van der Waals surface area contributed by atoms with Crippen LogP contribution in [0.2, 0.25) is 0 Å². The van der Waals surface area contributed by atoms with Crippen molar-refractivity contribution in [2.45, 2.75) is 0 Å². The average Bonchev–Trinajstić information content (AvgIpc) is 0. The summed E-state index contributed by atoms with van der Waals surface area (Å²) in [5.41, 5.74) is 0. The monoisotopic (exact) mass is 227 g/mol. The summed E-state index contributed by atoms with van der Waals surface area (Å²) in [5.74, 6) is 0. The molecule has 0 atom stereocenters. The van der Waals surface area contributed by atoms with Gasteiger partial charge in [-0.25, -0.2) is 0 Å². The van der Waals surface area contributed by atoms with E-state index in [2.05, 4.69) is 0 Å². The molecule has 0 N–H and O–H groups in total. The Morgan fingerprint density at radius 2 is 1.00 bits per heavy atom. The van der Waals surface area contributed by atoms with Crippen LogP contribution in [0.4, 0.5) is 0 Å². The molecule has 0 aliphatic carbocycles. The van der Waals surface area contributed by atoms with Gasteiger partial charge in [0.05, 0.1) is 0 Å². The molecule has 21 valence electrons. The fraction of sp³-hybridized carbons (Fsp3) is 0. The van der Waals surface area contributed by atoms with Crippen LogP contribution in [0.1, 0.15) is 0 Å². The predicted molar refractivity (Wildman–Crippen MR) is 5.75 cm³/mol. The molecule has 0 fully saturated rings. The normalized spacial score (nSPS) is 0. The van der Waals surface area contributed by atoms with Crippen LogP contribution in [0.25, 0.3) is 0 Å². The van der Waals surface area contributed by atoms with Crippen LogP contribution in [0.15, 0.2) is 0 Å². The third kappa shape index (κ3) is 8.82. The average molecular weight is 227 g/mol. The first-order chi connectivity index (χ1) is 0. The smallest absolute Gasteiger partial charge is 0 e. The van der Waals surface area contributed by atoms with Gasteiger partial charge in [-0.05, 0) is 0 Å². The largest absolute Gasteiger partial charge is 0 e. The first-order valence-corrected chi connectivity index (χ1v) is 0. The van der Waals surface area contributed by atoms with Crippen molar-refractivity contribution in [1.29, 1.82) is 0 Å². The molecule has 0 aromatic carbocycles. The quantitative estimate of drug-likeness (QED) is 0.494. The zero-order valence-electron chi connectivity index (χ0n) is 1.86. The van der Waals surface area contributed by atoms with Crippen LogP contribution in [-0.4, -0.2) is 17.4 Å². The van der Waals surface area contributed by atoms with E-state index in [9.17, 15) is 0 Å². The summed E-state index contributed by atoms with van der Waals surface area (Å²) in [6.07, 6.45) is 0. The zero-order valence-corrected chi connectivity index (χ0v) is 7.81. The molecular weight excluding hydrogens is 227 g/mol. The molecule has 0 nitrogen and oxygen atoms in total. The Hall–Kier alpha value is 2.49. The summed E-state index contributed by atoms with van der Waals surface area (Å²) >= 11 is 0. The maximum Gasteiger partial charge on any atom is 0 e. The summed E-state index contributed by atoms with van der Waals surface area (Å²) < 4.78 is 0. The molecular formula is AlCoNbTi. The minimum atomic E-state index is 0. The second-order valence-electron chi connectivity index (χ2n) is 0. The van der Waals surface area contributed by atoms with Crippen molar-refractivity contribution in [2.75, 3.05) is 0 Å². The Morgan fingerprint density at radius 1 is 1.00 bits per heavy atom. The molecule has 0 spiro atoms. The molecule has 0 rings (SSSR count). The third-order valence-electron chi connectivity index (χ3n) is 0. The maximum atomic E-state index is 0. The molecule has 0 bridgehead atoms. The predicted octanol–water partition coefficient (Wildman–Crippen LogP) is -0.388. The van der Waals surface area contributed by atoms with Crippen molar-refractivity contribution in [1.82, 2.24) is 0 Å². The molecule has 0 saturated carbocycles. The van der Waals surface area contributed by atoms with Gasteiger partial charge in [0, 0.05) is 78.2 Å². The summed E-state index contributed by atoms with van der Waals surface area (Å²) in [6, 6.07) is 0. The van der Waals surface area contributed by atoms with Crippen LogP contribution >= 0.6 is 0 Å². The van der Waals surface area contributed by atoms with E-state index in [-0.39, 0.29) is 78.2 Å². The Kier molecular flexibility index (Phi) is 141. The number of hydrogen-bond acceptors (Lipinski definition) is 0. The van der Waals surface area contributed by atoms with Crippen LogP contribution in [0.5, 0.6) is 0 Å². The van der Waals surface area contributed by atoms with E-state index in [4.69, 9.17) is 0 Å². The summed E-state index contributed by atoms with van der Waals surface area (Å²) in [4.78, 5) is 0. The minimum Gasteiger partial charge on any atom is 0 e. The molecule has 0 unspecified atom stereocenters. The van der Waals surface area contributed by atoms with Gasteiger partial charge in [-0.2, -0.15) is 0 Å². The Morgan fingerprint density at radius 3 is 1.00 bits per heavy atom. The van der Waals surface area contributed by atoms with Crippen LogP contribution in [-0.2, 0) is 60.9 Å². The summed E-state index contributed by atoms with van der Waals surface area (Å²) in [6.45, 7) is 0. The van der Waals surface area contributed by atoms with Crippen LogP contribution in [0, 0.1) is 0 Å². The van der Waals surface area contributed by atoms with Crippen LogP contribution < -0.4 is 0 Å². The SMILES string of the molecule is [Al].[Co].[Nb].[Ti]. The molecule has 0 aromatic heterocycles. The fourth-order valence-electron chi connectivity index (χ4n) is 0. The van der Waals surface area contributed by atoms with Gasteiger partial charge in [-0.1, -0.05) is 0 Å². The third-order valence-corrected chi connectivity index (χ3v) is 0. The van der Waals surface area contributed by atoms with E-state index in [1.165, 1.54) is 0 Å². The van der Waals surface area contributed by atoms with E-state index < -0.39 is 0 Å². The molecule has 4 heteroatoms. The van der Waals surface area contributed by atoms with Crippen molar-refractivity contribution in [3.8, 4) is 0 Å². The van der Waals surface area contributed by atoms with Gasteiger partial charge < -0.3 is 0 Å². The van der Waals surface area contributed by atoms with Gasteiger partial charge in [0.25, 0.3) is 0 Å². The van der Waals surface area contributed by atoms with Gasteiger partial charge in [-0.15, -0.1) is 0 Å². The molecule has 0 saturated heterocycles. The molecule has 0 heterocycles. The van der Waals surface area contributed by atoms with Gasteiger partial charge in [0.15, 0.2) is 0 Å². The topological polar surface area (TPSA) is 0 Å². The van der Waals surface area contributed by atoms with Crippen molar-refractivity contribution < 1.29 is 60.9 Å². The van der Waals surface area contributed by atoms with Crippen molar-refractivity contribution in [3.05, 3.63) is 0 Å². The first kappa shape index (κ1) is 31.5. The molecule has 0 aliphatic rings. The summed E-state index contributed by atoms with van der Waals surface area (Å²) in [7, 11) is 0. The summed E-state index contributed by atoms with van der Waals surface area (Å²) in [5, 5.41) is 0. The fourth-order valence-corrected chi connectivity index (χ4v) is 0. The van der Waals surface area contributed by atoms with E-state index in [0.29, 0.717) is 0 Å². The zero-order chi connectivity index (χ0) is 0. The Bertz CT molecular complexity index is 8.00. The van der Waals surface area contributed by atoms with E-state index in [1.807, 2.05) is 0 Å². The molecule has 0 aliphatic heterocycles. The second-order valence-corrected chi connectivity index (χ2v) is 0. The number of hydrogen-bond donors (Lipinski definition) is 0. The van der Waals surface area contributed by atoms with Gasteiger partial charge >= 0.3 is 0 Å². The standard InChI is InChI=1S/Al.Co.Nb.Ti. The Balaban J connectivity index is 0. The van der Waals surface area contributed by atoms with E-state index in [0.717, 1.165) is 0 Å². The minimum absolute atomic E-state index is 0. The van der Waals surface area contributed by atoms with E-state index >= 15 is 0 Å². The van der Waals surface area contributed by atoms with Gasteiger partial charge in [-0.3, -0.25) is 0 Å². The first-order valence-electron chi connectivity index (χ1n) is 0. The van der Waals surface area contributed by atoms with Gasteiger partial charge in [0.1, 0.15) is 0 Å². The van der Waals surface area contributed by atoms with Crippen LogP contribution in [0.3, 0.4) is 0 Å². The van der Waals surface area contributed by atoms with Crippen molar-refractivity contribution >= 4 is 17.4 Å². The maximum absolute atomic E-state index is 0. The molecule has 4 heavy (non-hydrogen) atoms. The van der Waals surface area contributed by atoms with Crippen molar-refractivity contribution in [2.24, 2.45) is 0 Å².